The number of nitrogens with zero attached hydrogens (tertiary/aromatic N) is 1. The first-order valence-electron chi connectivity index (χ1n) is 4.94. The average Bonchev–Trinajstić information content (AvgIpc) is 2.65. The lowest BCUT2D eigenvalue weighted by Gasteiger charge is -2.21. The molecule has 0 bridgehead atoms. The van der Waals surface area contributed by atoms with Crippen molar-refractivity contribution in [3.8, 4) is 0 Å². The number of thiazole rings is 1. The van der Waals surface area contributed by atoms with Gasteiger partial charge in [0.05, 0.1) is 5.75 Å². The van der Waals surface area contributed by atoms with Crippen molar-refractivity contribution in [2.24, 2.45) is 0 Å². The Morgan fingerprint density at radius 1 is 1.56 bits per heavy atom. The normalized spacial score (nSPS) is 19.1. The Bertz CT molecular complexity index is 353. The van der Waals surface area contributed by atoms with Gasteiger partial charge in [-0.25, -0.2) is 4.98 Å². The van der Waals surface area contributed by atoms with Crippen LogP contribution in [0.25, 0.3) is 0 Å². The lowest BCUT2D eigenvalue weighted by Crippen LogP contribution is -2.33. The van der Waals surface area contributed by atoms with Gasteiger partial charge in [0.1, 0.15) is 0 Å². The fraction of sp³-hybridized carbons (Fsp3) is 0.667. The molecule has 7 heteroatoms. The van der Waals surface area contributed by atoms with Crippen molar-refractivity contribution in [2.75, 3.05) is 13.1 Å². The zero-order chi connectivity index (χ0) is 10.7. The molecule has 0 saturated carbocycles. The van der Waals surface area contributed by atoms with Gasteiger partial charge in [-0.1, -0.05) is 11.6 Å². The molecule has 16 heavy (non-hydrogen) atoms. The van der Waals surface area contributed by atoms with E-state index in [1.807, 2.05) is 0 Å². The molecular weight excluding hydrogens is 287 g/mol. The van der Waals surface area contributed by atoms with Crippen LogP contribution in [0.1, 0.15) is 17.7 Å². The van der Waals surface area contributed by atoms with Gasteiger partial charge in [0.15, 0.2) is 4.47 Å². The fourth-order valence-corrected chi connectivity index (χ4v) is 4.38. The van der Waals surface area contributed by atoms with Gasteiger partial charge in [-0.2, -0.15) is 0 Å². The quantitative estimate of drug-likeness (QED) is 0.931. The van der Waals surface area contributed by atoms with E-state index in [4.69, 9.17) is 11.6 Å². The van der Waals surface area contributed by atoms with Crippen LogP contribution >= 0.6 is 35.3 Å². The number of rotatable bonds is 3. The van der Waals surface area contributed by atoms with Crippen molar-refractivity contribution in [3.63, 3.8) is 0 Å². The van der Waals surface area contributed by atoms with Crippen LogP contribution < -0.4 is 5.32 Å². The summed E-state index contributed by atoms with van der Waals surface area (Å²) in [5.74, 6) is 0.606. The monoisotopic (exact) mass is 300 g/mol. The summed E-state index contributed by atoms with van der Waals surface area (Å²) >= 11 is 7.15. The maximum absolute atomic E-state index is 12.0. The highest BCUT2D eigenvalue weighted by atomic mass is 35.5. The topological polar surface area (TPSA) is 42.0 Å². The molecule has 2 rings (SSSR count). The van der Waals surface area contributed by atoms with Crippen LogP contribution in [0.4, 0.5) is 0 Å². The first-order chi connectivity index (χ1) is 7.25. The molecule has 3 nitrogen and oxygen atoms in total. The number of piperidine rings is 1. The van der Waals surface area contributed by atoms with Crippen molar-refractivity contribution >= 4 is 46.1 Å². The van der Waals surface area contributed by atoms with E-state index in [-0.39, 0.29) is 12.4 Å². The van der Waals surface area contributed by atoms with E-state index < -0.39 is 10.8 Å². The van der Waals surface area contributed by atoms with Gasteiger partial charge < -0.3 is 5.32 Å². The maximum Gasteiger partial charge on any atom is 0.183 e. The van der Waals surface area contributed by atoms with E-state index in [9.17, 15) is 4.21 Å². The van der Waals surface area contributed by atoms with E-state index >= 15 is 0 Å². The molecule has 1 aliphatic heterocycles. The van der Waals surface area contributed by atoms with E-state index in [0.29, 0.717) is 15.5 Å². The van der Waals surface area contributed by atoms with Crippen molar-refractivity contribution in [1.82, 2.24) is 10.3 Å². The van der Waals surface area contributed by atoms with Crippen molar-refractivity contribution in [3.05, 3.63) is 15.5 Å². The van der Waals surface area contributed by atoms with Gasteiger partial charge in [-0.05, 0) is 25.9 Å². The lowest BCUT2D eigenvalue weighted by molar-refractivity contribution is 0.519. The SMILES string of the molecule is Cl.O=S(Cc1cnc(Cl)s1)C1CCNCC1. The van der Waals surface area contributed by atoms with Crippen LogP contribution in [-0.4, -0.2) is 27.5 Å². The van der Waals surface area contributed by atoms with Crippen LogP contribution in [0.2, 0.25) is 4.47 Å². The minimum absolute atomic E-state index is 0. The van der Waals surface area contributed by atoms with Crippen LogP contribution in [0.3, 0.4) is 0 Å². The molecule has 1 N–H and O–H groups in total. The minimum Gasteiger partial charge on any atom is -0.317 e. The van der Waals surface area contributed by atoms with Crippen molar-refractivity contribution < 1.29 is 4.21 Å². The van der Waals surface area contributed by atoms with Crippen LogP contribution in [0, 0.1) is 0 Å². The third-order valence-corrected chi connectivity index (χ3v) is 5.58. The van der Waals surface area contributed by atoms with Crippen LogP contribution in [-0.2, 0) is 16.6 Å². The molecule has 1 saturated heterocycles. The standard InChI is InChI=1S/C9H13ClN2OS2.ClH/c10-9-12-5-7(14-9)6-15(13)8-1-3-11-4-2-8;/h5,8,11H,1-4,6H2;1H. The summed E-state index contributed by atoms with van der Waals surface area (Å²) in [5, 5.41) is 3.61. The molecular formula is C9H14Cl2N2OS2. The average molecular weight is 301 g/mol. The summed E-state index contributed by atoms with van der Waals surface area (Å²) in [6.07, 6.45) is 3.75. The van der Waals surface area contributed by atoms with E-state index in [2.05, 4.69) is 10.3 Å². The van der Waals surface area contributed by atoms with E-state index in [1.165, 1.54) is 11.3 Å². The number of hydrogen-bond acceptors (Lipinski definition) is 4. The molecule has 0 radical (unpaired) electrons. The minimum atomic E-state index is -0.772. The Balaban J connectivity index is 0.00000128. The summed E-state index contributed by atoms with van der Waals surface area (Å²) in [5.41, 5.74) is 0. The molecule has 1 fully saturated rings. The summed E-state index contributed by atoms with van der Waals surface area (Å²) in [4.78, 5) is 4.98. The molecule has 1 atom stereocenters. The molecule has 1 unspecified atom stereocenters. The molecule has 1 aromatic rings. The van der Waals surface area contributed by atoms with Gasteiger partial charge in [0.2, 0.25) is 0 Å². The second-order valence-electron chi connectivity index (χ2n) is 3.55. The highest BCUT2D eigenvalue weighted by molar-refractivity contribution is 7.85. The summed E-state index contributed by atoms with van der Waals surface area (Å²) in [7, 11) is -0.772. The predicted molar refractivity (Wildman–Crippen MR) is 72.1 cm³/mol. The summed E-state index contributed by atoms with van der Waals surface area (Å²) in [6, 6.07) is 0. The molecule has 2 heterocycles. The second-order valence-corrected chi connectivity index (χ2v) is 6.97. The maximum atomic E-state index is 12.0. The fourth-order valence-electron chi connectivity index (χ4n) is 1.67. The molecule has 0 aliphatic carbocycles. The Labute approximate surface area is 113 Å². The number of hydrogen-bond donors (Lipinski definition) is 1. The largest absolute Gasteiger partial charge is 0.317 e. The Hall–Kier alpha value is 0.320. The van der Waals surface area contributed by atoms with Gasteiger partial charge in [0.25, 0.3) is 0 Å². The molecule has 0 aromatic carbocycles. The highest BCUT2D eigenvalue weighted by Crippen LogP contribution is 2.21. The molecule has 1 aliphatic rings. The Morgan fingerprint density at radius 3 is 2.81 bits per heavy atom. The van der Waals surface area contributed by atoms with Gasteiger partial charge in [0, 0.05) is 27.1 Å². The Morgan fingerprint density at radius 2 is 2.25 bits per heavy atom. The molecule has 92 valence electrons. The zero-order valence-electron chi connectivity index (χ0n) is 8.65. The van der Waals surface area contributed by atoms with Crippen LogP contribution in [0.15, 0.2) is 6.20 Å². The zero-order valence-corrected chi connectivity index (χ0v) is 11.9. The Kier molecular flexibility index (Phi) is 6.21. The molecule has 1 aromatic heterocycles. The number of nitrogens with one attached hydrogen (secondary N) is 1. The van der Waals surface area contributed by atoms with Gasteiger partial charge in [-0.15, -0.1) is 23.7 Å². The van der Waals surface area contributed by atoms with Gasteiger partial charge in [-0.3, -0.25) is 4.21 Å². The van der Waals surface area contributed by atoms with E-state index in [0.717, 1.165) is 30.8 Å². The van der Waals surface area contributed by atoms with Gasteiger partial charge >= 0.3 is 0 Å². The second kappa shape index (κ2) is 6.91. The highest BCUT2D eigenvalue weighted by Gasteiger charge is 2.20. The predicted octanol–water partition coefficient (Wildman–Crippen LogP) is 2.22. The smallest absolute Gasteiger partial charge is 0.183 e. The lowest BCUT2D eigenvalue weighted by atomic mass is 10.2. The third kappa shape index (κ3) is 3.96. The first-order valence-corrected chi connectivity index (χ1v) is 7.51. The number of halogens is 2. The number of aromatic nitrogens is 1. The first kappa shape index (κ1) is 14.4. The van der Waals surface area contributed by atoms with Crippen molar-refractivity contribution in [2.45, 2.75) is 23.8 Å². The molecule has 0 amide bonds. The third-order valence-electron chi connectivity index (χ3n) is 2.47. The molecule has 0 spiro atoms. The van der Waals surface area contributed by atoms with Crippen molar-refractivity contribution in [1.29, 1.82) is 0 Å². The summed E-state index contributed by atoms with van der Waals surface area (Å²) in [6.45, 7) is 1.97. The van der Waals surface area contributed by atoms with Crippen LogP contribution in [0.5, 0.6) is 0 Å². The van der Waals surface area contributed by atoms with E-state index in [1.54, 1.807) is 6.20 Å². The summed E-state index contributed by atoms with van der Waals surface area (Å²) < 4.78 is 12.5.